The van der Waals surface area contributed by atoms with Crippen LogP contribution in [-0.2, 0) is 16.0 Å². The lowest BCUT2D eigenvalue weighted by atomic mass is 9.91. The number of pyridine rings is 1. The second-order valence-electron chi connectivity index (χ2n) is 8.44. The fourth-order valence-electron chi connectivity index (χ4n) is 4.86. The first-order valence-corrected chi connectivity index (χ1v) is 10.6. The van der Waals surface area contributed by atoms with Gasteiger partial charge in [-0.15, -0.1) is 0 Å². The van der Waals surface area contributed by atoms with Gasteiger partial charge in [0, 0.05) is 44.3 Å². The summed E-state index contributed by atoms with van der Waals surface area (Å²) >= 11 is 0. The molecule has 3 aliphatic rings. The van der Waals surface area contributed by atoms with Crippen LogP contribution in [0.2, 0.25) is 0 Å². The van der Waals surface area contributed by atoms with E-state index in [1.165, 1.54) is 11.3 Å². The largest absolute Gasteiger partial charge is 0.371 e. The molecule has 4 heterocycles. The number of hydrogen-bond donors (Lipinski definition) is 0. The fourth-order valence-corrected chi connectivity index (χ4v) is 4.86. The molecule has 0 N–H and O–H groups in total. The predicted octanol–water partition coefficient (Wildman–Crippen LogP) is 2.16. The summed E-state index contributed by atoms with van der Waals surface area (Å²) in [6, 6.07) is 14.6. The molecule has 5 rings (SSSR count). The lowest BCUT2D eigenvalue weighted by Gasteiger charge is -2.39. The van der Waals surface area contributed by atoms with Crippen molar-refractivity contribution >= 4 is 11.6 Å². The minimum absolute atomic E-state index is 0.0977. The maximum absolute atomic E-state index is 12.8. The van der Waals surface area contributed by atoms with Crippen LogP contribution in [0.5, 0.6) is 0 Å². The van der Waals surface area contributed by atoms with Crippen LogP contribution in [0.1, 0.15) is 18.4 Å². The fraction of sp³-hybridized carbons (Fsp3) is 0.478. The van der Waals surface area contributed by atoms with E-state index >= 15 is 0 Å². The summed E-state index contributed by atoms with van der Waals surface area (Å²) in [4.78, 5) is 23.5. The number of benzene rings is 1. The van der Waals surface area contributed by atoms with Gasteiger partial charge in [-0.2, -0.15) is 0 Å². The molecule has 0 aliphatic carbocycles. The van der Waals surface area contributed by atoms with Crippen molar-refractivity contribution < 1.29 is 9.53 Å². The van der Waals surface area contributed by atoms with Crippen LogP contribution in [0.3, 0.4) is 0 Å². The molecule has 1 spiro atoms. The molecule has 152 valence electrons. The molecule has 2 aromatic rings. The lowest BCUT2D eigenvalue weighted by molar-refractivity contribution is -0.148. The Labute approximate surface area is 172 Å². The average Bonchev–Trinajstić information content (AvgIpc) is 3.12. The minimum atomic E-state index is -0.181. The maximum atomic E-state index is 12.8. The predicted molar refractivity (Wildman–Crippen MR) is 112 cm³/mol. The van der Waals surface area contributed by atoms with Crippen LogP contribution in [-0.4, -0.2) is 71.8 Å². The summed E-state index contributed by atoms with van der Waals surface area (Å²) in [6.45, 7) is 4.87. The Bertz CT molecular complexity index is 836. The first-order valence-electron chi connectivity index (χ1n) is 10.6. The van der Waals surface area contributed by atoms with E-state index in [-0.39, 0.29) is 17.7 Å². The number of rotatable bonds is 4. The molecular formula is C23H28N4O2. The summed E-state index contributed by atoms with van der Waals surface area (Å²) < 4.78 is 6.56. The normalized spacial score (nSPS) is 24.1. The van der Waals surface area contributed by atoms with Gasteiger partial charge in [0.2, 0.25) is 5.91 Å². The van der Waals surface area contributed by atoms with Crippen molar-refractivity contribution in [3.8, 4) is 0 Å². The topological polar surface area (TPSA) is 48.9 Å². The minimum Gasteiger partial charge on any atom is -0.371 e. The first-order chi connectivity index (χ1) is 14.2. The summed E-state index contributed by atoms with van der Waals surface area (Å²) in [5, 5.41) is 0. The van der Waals surface area contributed by atoms with E-state index in [0.717, 1.165) is 52.0 Å². The highest BCUT2D eigenvalue weighted by atomic mass is 16.5. The number of hydrogen-bond acceptors (Lipinski definition) is 5. The number of fused-ring (bicyclic) bond motifs is 1. The van der Waals surface area contributed by atoms with Gasteiger partial charge < -0.3 is 14.5 Å². The van der Waals surface area contributed by atoms with Crippen molar-refractivity contribution in [3.63, 3.8) is 0 Å². The molecule has 6 heteroatoms. The van der Waals surface area contributed by atoms with Gasteiger partial charge in [0.05, 0.1) is 18.7 Å². The number of carbonyl (C=O) groups is 1. The monoisotopic (exact) mass is 392 g/mol. The summed E-state index contributed by atoms with van der Waals surface area (Å²) in [7, 11) is 0. The second kappa shape index (κ2) is 7.76. The molecule has 3 aliphatic heterocycles. The highest BCUT2D eigenvalue weighted by Gasteiger charge is 2.50. The van der Waals surface area contributed by atoms with Gasteiger partial charge in [-0.25, -0.2) is 0 Å². The highest BCUT2D eigenvalue weighted by molar-refractivity contribution is 5.79. The molecule has 0 saturated carbocycles. The number of nitrogens with zero attached hydrogens (tertiary/aromatic N) is 4. The van der Waals surface area contributed by atoms with Crippen LogP contribution in [0.25, 0.3) is 0 Å². The quantitative estimate of drug-likeness (QED) is 0.798. The number of aromatic nitrogens is 1. The van der Waals surface area contributed by atoms with Crippen LogP contribution >= 0.6 is 0 Å². The molecule has 1 atom stereocenters. The zero-order valence-corrected chi connectivity index (χ0v) is 16.7. The van der Waals surface area contributed by atoms with Crippen molar-refractivity contribution in [1.29, 1.82) is 0 Å². The molecule has 1 amide bonds. The standard InChI is InChI=1S/C23H28N4O2/c28-21-16-25(13-8-19-4-2-1-3-5-19)17-22-27(21)18-23(29-22)9-14-26(15-10-23)20-6-11-24-12-7-20/h1-7,11-12,22H,8-10,13-18H2. The van der Waals surface area contributed by atoms with Gasteiger partial charge in [0.1, 0.15) is 6.23 Å². The Hall–Kier alpha value is -2.44. The number of anilines is 1. The van der Waals surface area contributed by atoms with Crippen molar-refractivity contribution in [3.05, 3.63) is 60.4 Å². The highest BCUT2D eigenvalue weighted by Crippen LogP contribution is 2.38. The van der Waals surface area contributed by atoms with E-state index in [9.17, 15) is 4.79 Å². The number of piperidine rings is 1. The maximum Gasteiger partial charge on any atom is 0.238 e. The van der Waals surface area contributed by atoms with Crippen molar-refractivity contribution in [2.75, 3.05) is 44.2 Å². The van der Waals surface area contributed by atoms with Crippen LogP contribution in [0.4, 0.5) is 5.69 Å². The Morgan fingerprint density at radius 1 is 1.07 bits per heavy atom. The average molecular weight is 393 g/mol. The third-order valence-corrected chi connectivity index (χ3v) is 6.55. The van der Waals surface area contributed by atoms with Gasteiger partial charge >= 0.3 is 0 Å². The molecule has 29 heavy (non-hydrogen) atoms. The third kappa shape index (κ3) is 3.87. The number of piperazine rings is 1. The number of amides is 1. The molecule has 0 bridgehead atoms. The van der Waals surface area contributed by atoms with E-state index in [4.69, 9.17) is 4.74 Å². The van der Waals surface area contributed by atoms with Crippen molar-refractivity contribution in [2.45, 2.75) is 31.1 Å². The van der Waals surface area contributed by atoms with E-state index < -0.39 is 0 Å². The van der Waals surface area contributed by atoms with Crippen molar-refractivity contribution in [1.82, 2.24) is 14.8 Å². The molecule has 0 radical (unpaired) electrons. The van der Waals surface area contributed by atoms with Gasteiger partial charge in [0.25, 0.3) is 0 Å². The smallest absolute Gasteiger partial charge is 0.238 e. The molecule has 3 fully saturated rings. The van der Waals surface area contributed by atoms with E-state index in [1.807, 2.05) is 23.4 Å². The third-order valence-electron chi connectivity index (χ3n) is 6.55. The molecule has 1 unspecified atom stereocenters. The molecular weight excluding hydrogens is 364 g/mol. The van der Waals surface area contributed by atoms with Gasteiger partial charge in [-0.1, -0.05) is 30.3 Å². The zero-order chi connectivity index (χ0) is 19.7. The van der Waals surface area contributed by atoms with E-state index in [0.29, 0.717) is 6.54 Å². The first kappa shape index (κ1) is 18.6. The summed E-state index contributed by atoms with van der Waals surface area (Å²) in [5.74, 6) is 0.211. The molecule has 1 aromatic carbocycles. The summed E-state index contributed by atoms with van der Waals surface area (Å²) in [5.41, 5.74) is 2.35. The van der Waals surface area contributed by atoms with Gasteiger partial charge in [0.15, 0.2) is 0 Å². The number of carbonyl (C=O) groups excluding carboxylic acids is 1. The van der Waals surface area contributed by atoms with Crippen molar-refractivity contribution in [2.24, 2.45) is 0 Å². The van der Waals surface area contributed by atoms with Gasteiger partial charge in [-0.3, -0.25) is 14.7 Å². The Balaban J connectivity index is 1.19. The SMILES string of the molecule is O=C1CN(CCc2ccccc2)CC2OC3(CCN(c4ccncc4)CC3)CN12. The van der Waals surface area contributed by atoms with E-state index in [1.54, 1.807) is 0 Å². The molecule has 6 nitrogen and oxygen atoms in total. The molecule has 3 saturated heterocycles. The van der Waals surface area contributed by atoms with Gasteiger partial charge in [-0.05, 0) is 37.0 Å². The lowest BCUT2D eigenvalue weighted by Crippen LogP contribution is -2.54. The summed E-state index contributed by atoms with van der Waals surface area (Å²) in [6.07, 6.45) is 6.47. The Kier molecular flexibility index (Phi) is 4.97. The van der Waals surface area contributed by atoms with E-state index in [2.05, 4.69) is 51.2 Å². The van der Waals surface area contributed by atoms with Crippen LogP contribution in [0, 0.1) is 0 Å². The number of ether oxygens (including phenoxy) is 1. The second-order valence-corrected chi connectivity index (χ2v) is 8.44. The molecule has 1 aromatic heterocycles. The Morgan fingerprint density at radius 3 is 2.59 bits per heavy atom. The van der Waals surface area contributed by atoms with Crippen LogP contribution in [0.15, 0.2) is 54.9 Å². The van der Waals surface area contributed by atoms with Crippen LogP contribution < -0.4 is 4.90 Å². The zero-order valence-electron chi connectivity index (χ0n) is 16.7. The Morgan fingerprint density at radius 2 is 1.83 bits per heavy atom.